The molecule has 9 heteroatoms. The van der Waals surface area contributed by atoms with Crippen LogP contribution in [-0.2, 0) is 14.8 Å². The number of sulfonamides is 1. The van der Waals surface area contributed by atoms with Crippen molar-refractivity contribution in [2.45, 2.75) is 17.4 Å². The Morgan fingerprint density at radius 2 is 1.92 bits per heavy atom. The predicted molar refractivity (Wildman–Crippen MR) is 97.1 cm³/mol. The number of carboxylic acids is 1. The van der Waals surface area contributed by atoms with Crippen molar-refractivity contribution in [3.05, 3.63) is 58.1 Å². The van der Waals surface area contributed by atoms with Gasteiger partial charge in [-0.1, -0.05) is 40.2 Å². The van der Waals surface area contributed by atoms with Gasteiger partial charge in [0, 0.05) is 22.6 Å². The van der Waals surface area contributed by atoms with E-state index in [0.717, 1.165) is 5.56 Å². The van der Waals surface area contributed by atoms with Crippen LogP contribution in [-0.4, -0.2) is 33.1 Å². The molecule has 140 valence electrons. The molecule has 0 fully saturated rings. The minimum atomic E-state index is -3.70. The van der Waals surface area contributed by atoms with Gasteiger partial charge < -0.3 is 22.8 Å². The van der Waals surface area contributed by atoms with Crippen LogP contribution in [0.5, 0.6) is 0 Å². The van der Waals surface area contributed by atoms with Crippen LogP contribution in [0.3, 0.4) is 0 Å². The van der Waals surface area contributed by atoms with Gasteiger partial charge in [0.25, 0.3) is 10.0 Å². The Hall–Kier alpha value is -1.61. The average Bonchev–Trinajstić information content (AvgIpc) is 2.63. The van der Waals surface area contributed by atoms with Crippen molar-refractivity contribution in [1.82, 2.24) is 0 Å². The molecule has 1 unspecified atom stereocenters. The number of rotatable bonds is 4. The maximum Gasteiger partial charge on any atom is 0.309 e. The van der Waals surface area contributed by atoms with Gasteiger partial charge in [0.15, 0.2) is 0 Å². The fourth-order valence-electron chi connectivity index (χ4n) is 3.10. The molecule has 1 atom stereocenters. The van der Waals surface area contributed by atoms with E-state index in [1.54, 1.807) is 37.4 Å². The molecule has 0 saturated heterocycles. The lowest BCUT2D eigenvalue weighted by atomic mass is 9.97. The van der Waals surface area contributed by atoms with Gasteiger partial charge in [0.2, 0.25) is 0 Å². The van der Waals surface area contributed by atoms with Crippen molar-refractivity contribution in [1.29, 1.82) is 0 Å². The third kappa shape index (κ3) is 3.73. The third-order valence-electron chi connectivity index (χ3n) is 4.32. The molecule has 3 rings (SSSR count). The van der Waals surface area contributed by atoms with Crippen LogP contribution in [0.25, 0.3) is 0 Å². The summed E-state index contributed by atoms with van der Waals surface area (Å²) in [7, 11) is -2.16. The normalized spacial score (nSPS) is 17.5. The molecule has 6 nitrogen and oxygen atoms in total. The summed E-state index contributed by atoms with van der Waals surface area (Å²) < 4.78 is 28.1. The highest BCUT2D eigenvalue weighted by Crippen LogP contribution is 2.39. The standard InChI is InChI=1S/C17H17BrN2O4S.ClH/c1-20-14-5-3-2-4-12(14)17(19-9-8-16(21)22)13-7-6-11(18)10-15(13)25(20,23)24;/h2-7,10,17,19H,8-9H2,1H3,(H,21,22);1H. The summed E-state index contributed by atoms with van der Waals surface area (Å²) >= 11 is 3.34. The first-order valence-electron chi connectivity index (χ1n) is 7.75. The van der Waals surface area contributed by atoms with Crippen LogP contribution in [0.2, 0.25) is 0 Å². The monoisotopic (exact) mass is 460 g/mol. The highest BCUT2D eigenvalue weighted by molar-refractivity contribution is 9.10. The second kappa shape index (κ2) is 7.96. The third-order valence-corrected chi connectivity index (χ3v) is 6.64. The van der Waals surface area contributed by atoms with Crippen molar-refractivity contribution in [3.8, 4) is 0 Å². The Balaban J connectivity index is 0.00000243. The van der Waals surface area contributed by atoms with Crippen LogP contribution in [0.15, 0.2) is 51.8 Å². The van der Waals surface area contributed by atoms with Gasteiger partial charge in [-0.15, -0.1) is 0 Å². The van der Waals surface area contributed by atoms with E-state index in [2.05, 4.69) is 15.9 Å². The number of nitrogens with zero attached hydrogens (tertiary/aromatic N) is 1. The first-order chi connectivity index (χ1) is 11.8. The van der Waals surface area contributed by atoms with E-state index in [1.807, 2.05) is 17.4 Å². The second-order valence-corrected chi connectivity index (χ2v) is 8.71. The lowest BCUT2D eigenvalue weighted by Crippen LogP contribution is -3.00. The fourth-order valence-corrected chi connectivity index (χ4v) is 5.10. The Labute approximate surface area is 166 Å². The molecule has 2 aromatic carbocycles. The summed E-state index contributed by atoms with van der Waals surface area (Å²) in [5.74, 6) is -0.876. The average molecular weight is 462 g/mol. The lowest BCUT2D eigenvalue weighted by molar-refractivity contribution is -0.686. The smallest absolute Gasteiger partial charge is 0.309 e. The van der Waals surface area contributed by atoms with Gasteiger partial charge in [0.1, 0.15) is 6.04 Å². The number of carbonyl (C=O) groups is 1. The van der Waals surface area contributed by atoms with E-state index in [1.165, 1.54) is 4.31 Å². The first-order valence-corrected chi connectivity index (χ1v) is 9.98. The Kier molecular flexibility index (Phi) is 6.33. The minimum Gasteiger partial charge on any atom is -1.00 e. The molecule has 0 aromatic heterocycles. The molecule has 1 heterocycles. The number of halogens is 2. The zero-order valence-corrected chi connectivity index (χ0v) is 17.1. The van der Waals surface area contributed by atoms with E-state index in [4.69, 9.17) is 5.11 Å². The van der Waals surface area contributed by atoms with Gasteiger partial charge in [-0.3, -0.25) is 9.10 Å². The topological polar surface area (TPSA) is 91.3 Å². The van der Waals surface area contributed by atoms with Gasteiger partial charge in [0.05, 0.1) is 23.5 Å². The Bertz CT molecular complexity index is 936. The highest BCUT2D eigenvalue weighted by Gasteiger charge is 2.36. The van der Waals surface area contributed by atoms with Crippen molar-refractivity contribution in [2.75, 3.05) is 17.9 Å². The minimum absolute atomic E-state index is 0. The van der Waals surface area contributed by atoms with E-state index in [9.17, 15) is 13.2 Å². The van der Waals surface area contributed by atoms with Crippen LogP contribution >= 0.6 is 15.9 Å². The molecular weight excluding hydrogens is 444 g/mol. The zero-order chi connectivity index (χ0) is 18.2. The summed E-state index contributed by atoms with van der Waals surface area (Å²) in [6, 6.07) is 12.2. The molecule has 0 aliphatic carbocycles. The summed E-state index contributed by atoms with van der Waals surface area (Å²) in [6.45, 7) is 0.355. The number of quaternary nitrogens is 1. The number of hydrogen-bond acceptors (Lipinski definition) is 3. The molecule has 0 bridgehead atoms. The number of carboxylic acid groups (broad SMARTS) is 1. The molecular formula is C17H18BrClN2O4S. The molecule has 26 heavy (non-hydrogen) atoms. The van der Waals surface area contributed by atoms with Crippen molar-refractivity contribution < 1.29 is 36.0 Å². The molecule has 1 aliphatic rings. The van der Waals surface area contributed by atoms with E-state index in [-0.39, 0.29) is 29.8 Å². The number of nitrogens with two attached hydrogens (primary N) is 1. The van der Waals surface area contributed by atoms with Crippen LogP contribution in [0, 0.1) is 0 Å². The second-order valence-electron chi connectivity index (χ2n) is 5.86. The lowest BCUT2D eigenvalue weighted by Gasteiger charge is -2.20. The molecule has 0 saturated carbocycles. The number of hydrogen-bond donors (Lipinski definition) is 2. The van der Waals surface area contributed by atoms with E-state index >= 15 is 0 Å². The van der Waals surface area contributed by atoms with Crippen LogP contribution < -0.4 is 22.0 Å². The van der Waals surface area contributed by atoms with Crippen LogP contribution in [0.1, 0.15) is 23.6 Å². The maximum atomic E-state index is 13.1. The number of fused-ring (bicyclic) bond motifs is 2. The number of benzene rings is 2. The molecule has 0 radical (unpaired) electrons. The van der Waals surface area contributed by atoms with Gasteiger partial charge in [-0.25, -0.2) is 8.42 Å². The van der Waals surface area contributed by atoms with Gasteiger partial charge in [-0.2, -0.15) is 0 Å². The SMILES string of the molecule is CN1c2ccccc2C([NH2+]CCC(=O)O)c2ccc(Br)cc2S1(=O)=O.[Cl-]. The zero-order valence-electron chi connectivity index (χ0n) is 13.9. The fraction of sp³-hybridized carbons (Fsp3) is 0.235. The number of anilines is 1. The molecule has 3 N–H and O–H groups in total. The number of aliphatic carboxylic acids is 1. The highest BCUT2D eigenvalue weighted by atomic mass is 79.9. The Morgan fingerprint density at radius 1 is 1.23 bits per heavy atom. The molecule has 2 aromatic rings. The van der Waals surface area contributed by atoms with Crippen LogP contribution in [0.4, 0.5) is 5.69 Å². The summed E-state index contributed by atoms with van der Waals surface area (Å²) in [5.41, 5.74) is 2.11. The van der Waals surface area contributed by atoms with E-state index < -0.39 is 16.0 Å². The maximum absolute atomic E-state index is 13.1. The number of para-hydroxylation sites is 1. The molecule has 0 spiro atoms. The van der Waals surface area contributed by atoms with Crippen molar-refractivity contribution in [2.24, 2.45) is 0 Å². The molecule has 0 amide bonds. The predicted octanol–water partition coefficient (Wildman–Crippen LogP) is -1.28. The summed E-state index contributed by atoms with van der Waals surface area (Å²) in [4.78, 5) is 11.1. The first kappa shape index (κ1) is 20.7. The molecule has 1 aliphatic heterocycles. The summed E-state index contributed by atoms with van der Waals surface area (Å²) in [6.07, 6.45) is 0.00706. The van der Waals surface area contributed by atoms with Gasteiger partial charge in [-0.05, 0) is 18.2 Å². The summed E-state index contributed by atoms with van der Waals surface area (Å²) in [5, 5.41) is 10.8. The quantitative estimate of drug-likeness (QED) is 0.593. The van der Waals surface area contributed by atoms with Crippen molar-refractivity contribution >= 4 is 37.6 Å². The van der Waals surface area contributed by atoms with Gasteiger partial charge >= 0.3 is 5.97 Å². The largest absolute Gasteiger partial charge is 1.00 e. The van der Waals surface area contributed by atoms with E-state index in [0.29, 0.717) is 22.3 Å². The van der Waals surface area contributed by atoms with Crippen molar-refractivity contribution in [3.63, 3.8) is 0 Å². The Morgan fingerprint density at radius 3 is 2.62 bits per heavy atom.